The van der Waals surface area contributed by atoms with Crippen molar-refractivity contribution in [3.05, 3.63) is 91.9 Å². The molecule has 0 heterocycles. The van der Waals surface area contributed by atoms with Crippen LogP contribution in [0.15, 0.2) is 70.2 Å². The minimum Gasteiger partial charge on any atom is -0.493 e. The molecule has 3 aromatic carbocycles. The van der Waals surface area contributed by atoms with E-state index < -0.39 is 0 Å². The number of nitrogens with one attached hydrogen (secondary N) is 1. The SMILES string of the molecule is COc1cc(/C=N\NC(=O)c2ccc(Cl)cc2)c(Br)cc1OCc1ccc(Cl)cc1. The fraction of sp³-hybridized carbons (Fsp3) is 0.0909. The van der Waals surface area contributed by atoms with Gasteiger partial charge in [0.1, 0.15) is 6.61 Å². The Morgan fingerprint density at radius 1 is 1.03 bits per heavy atom. The van der Waals surface area contributed by atoms with E-state index >= 15 is 0 Å². The van der Waals surface area contributed by atoms with Gasteiger partial charge in [0.2, 0.25) is 0 Å². The molecule has 0 aliphatic carbocycles. The normalized spacial score (nSPS) is 10.8. The van der Waals surface area contributed by atoms with E-state index in [1.807, 2.05) is 24.3 Å². The molecule has 1 N–H and O–H groups in total. The molecule has 3 aromatic rings. The van der Waals surface area contributed by atoms with Crippen molar-refractivity contribution in [2.45, 2.75) is 6.61 Å². The van der Waals surface area contributed by atoms with Gasteiger partial charge < -0.3 is 9.47 Å². The third-order valence-corrected chi connectivity index (χ3v) is 5.26. The fourth-order valence-electron chi connectivity index (χ4n) is 2.49. The number of methoxy groups -OCH3 is 1. The van der Waals surface area contributed by atoms with E-state index in [0.29, 0.717) is 39.3 Å². The molecule has 0 saturated carbocycles. The van der Waals surface area contributed by atoms with Gasteiger partial charge in [-0.2, -0.15) is 5.10 Å². The summed E-state index contributed by atoms with van der Waals surface area (Å²) in [7, 11) is 1.56. The molecule has 0 fully saturated rings. The van der Waals surface area contributed by atoms with E-state index in [1.54, 1.807) is 43.5 Å². The van der Waals surface area contributed by atoms with Crippen molar-refractivity contribution >= 4 is 51.3 Å². The summed E-state index contributed by atoms with van der Waals surface area (Å²) in [5, 5.41) is 5.24. The number of hydrogen-bond acceptors (Lipinski definition) is 4. The summed E-state index contributed by atoms with van der Waals surface area (Å²) in [5.74, 6) is 0.772. The highest BCUT2D eigenvalue weighted by Gasteiger charge is 2.10. The standard InChI is InChI=1S/C22H17BrCl2N2O3/c1-29-20-10-16(12-26-27-22(28)15-4-8-18(25)9-5-15)19(23)11-21(20)30-13-14-2-6-17(24)7-3-14/h2-12H,13H2,1H3,(H,27,28)/b26-12-. The molecule has 0 bridgehead atoms. The van der Waals surface area contributed by atoms with Gasteiger partial charge in [-0.05, 0) is 70.0 Å². The predicted octanol–water partition coefficient (Wildman–Crippen LogP) is 6.11. The van der Waals surface area contributed by atoms with Crippen molar-refractivity contribution < 1.29 is 14.3 Å². The van der Waals surface area contributed by atoms with Crippen LogP contribution in [0.25, 0.3) is 0 Å². The number of carbonyl (C=O) groups excluding carboxylic acids is 1. The highest BCUT2D eigenvalue weighted by Crippen LogP contribution is 2.33. The maximum absolute atomic E-state index is 12.1. The zero-order valence-corrected chi connectivity index (χ0v) is 19.0. The zero-order valence-electron chi connectivity index (χ0n) is 15.9. The van der Waals surface area contributed by atoms with Gasteiger partial charge in [-0.1, -0.05) is 35.3 Å². The van der Waals surface area contributed by atoms with Crippen LogP contribution < -0.4 is 14.9 Å². The average molecular weight is 508 g/mol. The number of nitrogens with zero attached hydrogens (tertiary/aromatic N) is 1. The highest BCUT2D eigenvalue weighted by atomic mass is 79.9. The van der Waals surface area contributed by atoms with Crippen molar-refractivity contribution in [2.75, 3.05) is 7.11 Å². The number of amides is 1. The molecule has 0 radical (unpaired) electrons. The molecule has 0 saturated heterocycles. The van der Waals surface area contributed by atoms with Crippen LogP contribution in [0.4, 0.5) is 0 Å². The number of carbonyl (C=O) groups is 1. The molecule has 0 aliphatic rings. The number of halogens is 3. The predicted molar refractivity (Wildman–Crippen MR) is 123 cm³/mol. The summed E-state index contributed by atoms with van der Waals surface area (Å²) in [6, 6.07) is 17.5. The van der Waals surface area contributed by atoms with Crippen LogP contribution in [-0.4, -0.2) is 19.2 Å². The lowest BCUT2D eigenvalue weighted by Gasteiger charge is -2.13. The lowest BCUT2D eigenvalue weighted by Crippen LogP contribution is -2.17. The number of ether oxygens (including phenoxy) is 2. The lowest BCUT2D eigenvalue weighted by molar-refractivity contribution is 0.0955. The Bertz CT molecular complexity index is 1060. The number of hydrazone groups is 1. The van der Waals surface area contributed by atoms with Crippen molar-refractivity contribution in [2.24, 2.45) is 5.10 Å². The molecule has 0 unspecified atom stereocenters. The molecule has 30 heavy (non-hydrogen) atoms. The first-order valence-electron chi connectivity index (χ1n) is 8.80. The van der Waals surface area contributed by atoms with Crippen molar-refractivity contribution in [3.8, 4) is 11.5 Å². The van der Waals surface area contributed by atoms with Crippen LogP contribution in [0.3, 0.4) is 0 Å². The largest absolute Gasteiger partial charge is 0.493 e. The van der Waals surface area contributed by atoms with Gasteiger partial charge in [0.25, 0.3) is 5.91 Å². The average Bonchev–Trinajstić information content (AvgIpc) is 2.75. The second-order valence-electron chi connectivity index (χ2n) is 6.15. The van der Waals surface area contributed by atoms with Gasteiger partial charge in [0.05, 0.1) is 13.3 Å². The van der Waals surface area contributed by atoms with Gasteiger partial charge in [-0.15, -0.1) is 0 Å². The molecule has 8 heteroatoms. The van der Waals surface area contributed by atoms with E-state index in [2.05, 4.69) is 26.5 Å². The Morgan fingerprint density at radius 3 is 2.30 bits per heavy atom. The second-order valence-corrected chi connectivity index (χ2v) is 7.87. The van der Waals surface area contributed by atoms with E-state index in [9.17, 15) is 4.79 Å². The molecule has 5 nitrogen and oxygen atoms in total. The molecule has 3 rings (SSSR count). The van der Waals surface area contributed by atoms with Gasteiger partial charge in [0.15, 0.2) is 11.5 Å². The first kappa shape index (κ1) is 22.2. The highest BCUT2D eigenvalue weighted by molar-refractivity contribution is 9.10. The Hall–Kier alpha value is -2.54. The number of hydrogen-bond donors (Lipinski definition) is 1. The maximum Gasteiger partial charge on any atom is 0.271 e. The summed E-state index contributed by atoms with van der Waals surface area (Å²) in [6.07, 6.45) is 1.52. The first-order valence-corrected chi connectivity index (χ1v) is 10.3. The maximum atomic E-state index is 12.1. The van der Waals surface area contributed by atoms with Gasteiger partial charge in [-0.25, -0.2) is 5.43 Å². The summed E-state index contributed by atoms with van der Waals surface area (Å²) in [5.41, 5.74) is 4.63. The molecule has 1 amide bonds. The molecule has 0 aliphatic heterocycles. The van der Waals surface area contributed by atoms with Crippen LogP contribution >= 0.6 is 39.1 Å². The smallest absolute Gasteiger partial charge is 0.271 e. The van der Waals surface area contributed by atoms with Crippen LogP contribution in [0, 0.1) is 0 Å². The monoisotopic (exact) mass is 506 g/mol. The molecule has 154 valence electrons. The molecule has 0 atom stereocenters. The van der Waals surface area contributed by atoms with Crippen molar-refractivity contribution in [3.63, 3.8) is 0 Å². The summed E-state index contributed by atoms with van der Waals surface area (Å²) >= 11 is 15.2. The van der Waals surface area contributed by atoms with Crippen LogP contribution in [0.5, 0.6) is 11.5 Å². The van der Waals surface area contributed by atoms with Gasteiger partial charge in [-0.3, -0.25) is 4.79 Å². The number of rotatable bonds is 7. The van der Waals surface area contributed by atoms with Gasteiger partial charge in [0, 0.05) is 25.6 Å². The van der Waals surface area contributed by atoms with E-state index in [4.69, 9.17) is 32.7 Å². The van der Waals surface area contributed by atoms with E-state index in [1.165, 1.54) is 6.21 Å². The lowest BCUT2D eigenvalue weighted by atomic mass is 10.2. The third-order valence-electron chi connectivity index (χ3n) is 4.07. The topological polar surface area (TPSA) is 59.9 Å². The van der Waals surface area contributed by atoms with Crippen molar-refractivity contribution in [1.82, 2.24) is 5.43 Å². The van der Waals surface area contributed by atoms with E-state index in [-0.39, 0.29) is 5.91 Å². The minimum absolute atomic E-state index is 0.339. The van der Waals surface area contributed by atoms with Gasteiger partial charge >= 0.3 is 0 Å². The molecular formula is C22H17BrCl2N2O3. The molecular weight excluding hydrogens is 491 g/mol. The quantitative estimate of drug-likeness (QED) is 0.310. The zero-order chi connectivity index (χ0) is 21.5. The Morgan fingerprint density at radius 2 is 1.67 bits per heavy atom. The molecule has 0 aromatic heterocycles. The Balaban J connectivity index is 1.68. The van der Waals surface area contributed by atoms with Crippen LogP contribution in [0.2, 0.25) is 10.0 Å². The second kappa shape index (κ2) is 10.5. The van der Waals surface area contributed by atoms with Crippen LogP contribution in [0.1, 0.15) is 21.5 Å². The summed E-state index contributed by atoms with van der Waals surface area (Å²) < 4.78 is 12.0. The minimum atomic E-state index is -0.339. The summed E-state index contributed by atoms with van der Waals surface area (Å²) in [4.78, 5) is 12.1. The first-order chi connectivity index (χ1) is 14.5. The van der Waals surface area contributed by atoms with E-state index in [0.717, 1.165) is 10.0 Å². The third kappa shape index (κ3) is 5.98. The van der Waals surface area contributed by atoms with Crippen molar-refractivity contribution in [1.29, 1.82) is 0 Å². The Labute approximate surface area is 192 Å². The Kier molecular flexibility index (Phi) is 7.74. The fourth-order valence-corrected chi connectivity index (χ4v) is 3.17. The molecule has 0 spiro atoms. The van der Waals surface area contributed by atoms with Crippen LogP contribution in [-0.2, 0) is 6.61 Å². The summed E-state index contributed by atoms with van der Waals surface area (Å²) in [6.45, 7) is 0.366. The number of benzene rings is 3.